The van der Waals surface area contributed by atoms with E-state index in [1.54, 1.807) is 6.92 Å². The van der Waals surface area contributed by atoms with Gasteiger partial charge in [0, 0.05) is 12.5 Å². The fraction of sp³-hybridized carbons (Fsp3) is 0.833. The maximum atomic E-state index is 12.7. The van der Waals surface area contributed by atoms with Crippen molar-refractivity contribution < 1.29 is 23.9 Å². The summed E-state index contributed by atoms with van der Waals surface area (Å²) in [5, 5.41) is 6.84. The predicted octanol–water partition coefficient (Wildman–Crippen LogP) is 2.79. The highest BCUT2D eigenvalue weighted by Gasteiger charge is 2.33. The number of esters is 1. The summed E-state index contributed by atoms with van der Waals surface area (Å²) in [7, 11) is 1.30. The summed E-state index contributed by atoms with van der Waals surface area (Å²) in [5.41, 5.74) is 2.86. The Morgan fingerprint density at radius 1 is 1.00 bits per heavy atom. The van der Waals surface area contributed by atoms with Gasteiger partial charge in [0.15, 0.2) is 0 Å². The zero-order valence-corrected chi connectivity index (χ0v) is 22.4. The summed E-state index contributed by atoms with van der Waals surface area (Å²) in [6.45, 7) is 17.5. The number of carbonyl (C=O) groups excluding carboxylic acids is 4. The Balaban J connectivity index is 0. The van der Waals surface area contributed by atoms with Crippen LogP contribution in [-0.2, 0) is 23.9 Å². The van der Waals surface area contributed by atoms with Crippen LogP contribution in [0.5, 0.6) is 0 Å². The molecule has 33 heavy (non-hydrogen) atoms. The van der Waals surface area contributed by atoms with Crippen LogP contribution >= 0.6 is 0 Å². The summed E-state index contributed by atoms with van der Waals surface area (Å²) in [5.74, 6) is -1.66. The van der Waals surface area contributed by atoms with Gasteiger partial charge in [0.1, 0.15) is 18.1 Å². The largest absolute Gasteiger partial charge is 0.468 e. The molecule has 1 saturated heterocycles. The first-order chi connectivity index (χ1) is 15.6. The second-order valence-corrected chi connectivity index (χ2v) is 7.99. The SMILES string of the molecule is CC.CC.CCCC(C)C(=O)NC(C(=O)NC(C)C(=O)N1CCCC(C(=O)OC)N1)C(C)C. The Kier molecular flexibility index (Phi) is 18.3. The van der Waals surface area contributed by atoms with E-state index in [9.17, 15) is 19.2 Å². The number of hydrogen-bond acceptors (Lipinski definition) is 6. The van der Waals surface area contributed by atoms with Gasteiger partial charge in [-0.3, -0.25) is 24.2 Å². The van der Waals surface area contributed by atoms with Gasteiger partial charge in [0.05, 0.1) is 7.11 Å². The van der Waals surface area contributed by atoms with Crippen molar-refractivity contribution in [1.82, 2.24) is 21.1 Å². The number of carbonyl (C=O) groups is 4. The molecule has 0 aromatic rings. The van der Waals surface area contributed by atoms with E-state index in [1.807, 2.05) is 55.4 Å². The van der Waals surface area contributed by atoms with Crippen molar-refractivity contribution >= 4 is 23.7 Å². The van der Waals surface area contributed by atoms with Crippen LogP contribution < -0.4 is 16.1 Å². The lowest BCUT2D eigenvalue weighted by Gasteiger charge is -2.34. The highest BCUT2D eigenvalue weighted by atomic mass is 16.5. The number of rotatable bonds is 9. The average molecular weight is 473 g/mol. The normalized spacial score (nSPS) is 17.8. The Morgan fingerprint density at radius 2 is 1.58 bits per heavy atom. The number of methoxy groups -OCH3 is 1. The monoisotopic (exact) mass is 472 g/mol. The van der Waals surface area contributed by atoms with Gasteiger partial charge in [-0.15, -0.1) is 0 Å². The number of nitrogens with zero attached hydrogens (tertiary/aromatic N) is 1. The van der Waals surface area contributed by atoms with E-state index in [4.69, 9.17) is 4.74 Å². The second-order valence-electron chi connectivity index (χ2n) is 7.99. The number of amides is 3. The molecule has 4 unspecified atom stereocenters. The van der Waals surface area contributed by atoms with Gasteiger partial charge >= 0.3 is 5.97 Å². The molecule has 0 spiro atoms. The van der Waals surface area contributed by atoms with Crippen LogP contribution in [0, 0.1) is 11.8 Å². The van der Waals surface area contributed by atoms with Crippen LogP contribution in [0.2, 0.25) is 0 Å². The molecule has 4 atom stereocenters. The fourth-order valence-electron chi connectivity index (χ4n) is 3.25. The maximum Gasteiger partial charge on any atom is 0.324 e. The smallest absolute Gasteiger partial charge is 0.324 e. The zero-order chi connectivity index (χ0) is 26.1. The lowest BCUT2D eigenvalue weighted by atomic mass is 10.00. The van der Waals surface area contributed by atoms with Crippen LogP contribution in [0.25, 0.3) is 0 Å². The molecule has 0 saturated carbocycles. The van der Waals surface area contributed by atoms with E-state index < -0.39 is 30.0 Å². The number of nitrogens with one attached hydrogen (secondary N) is 3. The number of hydrogen-bond donors (Lipinski definition) is 3. The topological polar surface area (TPSA) is 117 Å². The summed E-state index contributed by atoms with van der Waals surface area (Å²) in [4.78, 5) is 49.5. The third-order valence-electron chi connectivity index (χ3n) is 5.08. The van der Waals surface area contributed by atoms with Crippen LogP contribution in [-0.4, -0.2) is 60.5 Å². The quantitative estimate of drug-likeness (QED) is 0.444. The molecule has 1 fully saturated rings. The molecule has 194 valence electrons. The van der Waals surface area contributed by atoms with Crippen LogP contribution in [0.3, 0.4) is 0 Å². The van der Waals surface area contributed by atoms with Crippen molar-refractivity contribution in [3.63, 3.8) is 0 Å². The van der Waals surface area contributed by atoms with Gasteiger partial charge in [-0.2, -0.15) is 0 Å². The van der Waals surface area contributed by atoms with E-state index in [0.29, 0.717) is 19.4 Å². The summed E-state index contributed by atoms with van der Waals surface area (Å²) < 4.78 is 4.72. The van der Waals surface area contributed by atoms with Gasteiger partial charge in [-0.05, 0) is 32.1 Å². The molecular weight excluding hydrogens is 424 g/mol. The van der Waals surface area contributed by atoms with Crippen molar-refractivity contribution in [1.29, 1.82) is 0 Å². The molecule has 1 aliphatic heterocycles. The minimum Gasteiger partial charge on any atom is -0.468 e. The molecule has 0 aromatic carbocycles. The number of hydrazine groups is 1. The molecule has 1 aliphatic rings. The Bertz CT molecular complexity index is 597. The van der Waals surface area contributed by atoms with Crippen molar-refractivity contribution in [2.45, 2.75) is 106 Å². The van der Waals surface area contributed by atoms with Gasteiger partial charge < -0.3 is 15.4 Å². The Morgan fingerprint density at radius 3 is 2.06 bits per heavy atom. The zero-order valence-electron chi connectivity index (χ0n) is 22.4. The standard InChI is InChI=1S/C20H36N4O5.2C2H6/c1-7-9-13(4)17(25)22-16(12(2)3)18(26)21-14(5)19(27)24-11-8-10-15(23-24)20(28)29-6;2*1-2/h12-16,23H,7-11H2,1-6H3,(H,21,26)(H,22,25);2*1-2H3. The lowest BCUT2D eigenvalue weighted by molar-refractivity contribution is -0.150. The summed E-state index contributed by atoms with van der Waals surface area (Å²) >= 11 is 0. The number of ether oxygens (including phenoxy) is 1. The first kappa shape index (κ1) is 33.0. The molecule has 0 radical (unpaired) electrons. The summed E-state index contributed by atoms with van der Waals surface area (Å²) in [6.07, 6.45) is 2.86. The highest BCUT2D eigenvalue weighted by Crippen LogP contribution is 2.11. The third kappa shape index (κ3) is 11.5. The minimum absolute atomic E-state index is 0.133. The van der Waals surface area contributed by atoms with E-state index >= 15 is 0 Å². The first-order valence-electron chi connectivity index (χ1n) is 12.4. The lowest BCUT2D eigenvalue weighted by Crippen LogP contribution is -2.61. The molecule has 3 amide bonds. The van der Waals surface area contributed by atoms with Crippen LogP contribution in [0.4, 0.5) is 0 Å². The Labute approximate surface area is 200 Å². The molecule has 1 heterocycles. The van der Waals surface area contributed by atoms with Crippen LogP contribution in [0.15, 0.2) is 0 Å². The van der Waals surface area contributed by atoms with E-state index in [-0.39, 0.29) is 23.7 Å². The summed E-state index contributed by atoms with van der Waals surface area (Å²) in [6, 6.07) is -2.12. The fourth-order valence-corrected chi connectivity index (χ4v) is 3.25. The molecule has 0 aliphatic carbocycles. The first-order valence-corrected chi connectivity index (χ1v) is 12.4. The molecule has 9 nitrogen and oxygen atoms in total. The van der Waals surface area contributed by atoms with E-state index in [0.717, 1.165) is 12.8 Å². The van der Waals surface area contributed by atoms with Crippen LogP contribution in [0.1, 0.15) is 88.0 Å². The van der Waals surface area contributed by atoms with Crippen molar-refractivity contribution in [3.8, 4) is 0 Å². The molecule has 3 N–H and O–H groups in total. The third-order valence-corrected chi connectivity index (χ3v) is 5.08. The highest BCUT2D eigenvalue weighted by molar-refractivity contribution is 5.92. The molecule has 0 bridgehead atoms. The average Bonchev–Trinajstić information content (AvgIpc) is 2.83. The maximum absolute atomic E-state index is 12.7. The Hall–Kier alpha value is -2.16. The molecule has 9 heteroatoms. The molecular formula is C24H48N4O5. The van der Waals surface area contributed by atoms with Gasteiger partial charge in [-0.25, -0.2) is 5.43 Å². The molecule has 1 rings (SSSR count). The van der Waals surface area contributed by atoms with Crippen molar-refractivity contribution in [2.75, 3.05) is 13.7 Å². The second kappa shape index (κ2) is 18.3. The van der Waals surface area contributed by atoms with E-state index in [1.165, 1.54) is 12.1 Å². The van der Waals surface area contributed by atoms with Gasteiger partial charge in [0.2, 0.25) is 11.8 Å². The van der Waals surface area contributed by atoms with Crippen molar-refractivity contribution in [2.24, 2.45) is 11.8 Å². The predicted molar refractivity (Wildman–Crippen MR) is 131 cm³/mol. The van der Waals surface area contributed by atoms with Crippen molar-refractivity contribution in [3.05, 3.63) is 0 Å². The molecule has 0 aromatic heterocycles. The van der Waals surface area contributed by atoms with Gasteiger partial charge in [-0.1, -0.05) is 61.8 Å². The minimum atomic E-state index is -0.808. The van der Waals surface area contributed by atoms with E-state index in [2.05, 4.69) is 16.1 Å². The van der Waals surface area contributed by atoms with Gasteiger partial charge in [0.25, 0.3) is 5.91 Å².